The second-order valence-corrected chi connectivity index (χ2v) is 5.35. The first kappa shape index (κ1) is 14.6. The van der Waals surface area contributed by atoms with Crippen LogP contribution in [0.2, 0.25) is 0 Å². The number of carbonyl (C=O) groups excluding carboxylic acids is 1. The van der Waals surface area contributed by atoms with Crippen LogP contribution in [0.1, 0.15) is 11.1 Å². The minimum atomic E-state index is -4.87. The number of nitrogens with zero attached hydrogens (tertiary/aromatic N) is 1. The van der Waals surface area contributed by atoms with Gasteiger partial charge in [0.1, 0.15) is 0 Å². The first-order valence-electron chi connectivity index (χ1n) is 6.99. The van der Waals surface area contributed by atoms with Crippen LogP contribution in [0.25, 0.3) is 0 Å². The Labute approximate surface area is 126 Å². The van der Waals surface area contributed by atoms with E-state index in [0.29, 0.717) is 18.5 Å². The highest BCUT2D eigenvalue weighted by Crippen LogP contribution is 2.36. The molecule has 1 heterocycles. The van der Waals surface area contributed by atoms with Gasteiger partial charge in [-0.3, -0.25) is 4.79 Å². The summed E-state index contributed by atoms with van der Waals surface area (Å²) in [5.41, 5.74) is 2.06. The van der Waals surface area contributed by atoms with Crippen LogP contribution in [0.5, 0.6) is 0 Å². The van der Waals surface area contributed by atoms with Crippen molar-refractivity contribution in [2.24, 2.45) is 0 Å². The van der Waals surface area contributed by atoms with Gasteiger partial charge in [0, 0.05) is 11.7 Å². The Morgan fingerprint density at radius 2 is 1.68 bits per heavy atom. The number of hydrogen-bond donors (Lipinski definition) is 0. The average Bonchev–Trinajstić information content (AvgIpc) is 2.84. The minimum absolute atomic E-state index is 0.366. The zero-order valence-corrected chi connectivity index (χ0v) is 11.7. The lowest BCUT2D eigenvalue weighted by molar-refractivity contribution is -0.170. The predicted molar refractivity (Wildman–Crippen MR) is 77.6 cm³/mol. The van der Waals surface area contributed by atoms with E-state index >= 15 is 0 Å². The summed E-state index contributed by atoms with van der Waals surface area (Å²) in [6, 6.07) is 15.5. The smallest absolute Gasteiger partial charge is 0.301 e. The van der Waals surface area contributed by atoms with Crippen LogP contribution >= 0.6 is 0 Å². The Morgan fingerprint density at radius 3 is 2.36 bits per heavy atom. The summed E-state index contributed by atoms with van der Waals surface area (Å²) in [4.78, 5) is 12.7. The third kappa shape index (κ3) is 2.71. The van der Waals surface area contributed by atoms with Gasteiger partial charge in [-0.25, -0.2) is 0 Å². The molecular weight excluding hydrogens is 291 g/mol. The molecule has 0 fully saturated rings. The maximum Gasteiger partial charge on any atom is 0.471 e. The van der Waals surface area contributed by atoms with Crippen molar-refractivity contribution < 1.29 is 18.0 Å². The van der Waals surface area contributed by atoms with E-state index in [-0.39, 0.29) is 0 Å². The van der Waals surface area contributed by atoms with Crippen LogP contribution in [0, 0.1) is 0 Å². The lowest BCUT2D eigenvalue weighted by Crippen LogP contribution is -2.46. The van der Waals surface area contributed by atoms with E-state index in [1.54, 1.807) is 24.3 Å². The van der Waals surface area contributed by atoms with Crippen molar-refractivity contribution in [2.75, 3.05) is 4.90 Å². The van der Waals surface area contributed by atoms with Crippen LogP contribution in [0.15, 0.2) is 54.6 Å². The highest BCUT2D eigenvalue weighted by molar-refractivity contribution is 5.99. The molecule has 0 bridgehead atoms. The summed E-state index contributed by atoms with van der Waals surface area (Å²) < 4.78 is 38.7. The molecule has 0 spiro atoms. The fourth-order valence-electron chi connectivity index (χ4n) is 2.92. The fraction of sp³-hybridized carbons (Fsp3) is 0.235. The van der Waals surface area contributed by atoms with Gasteiger partial charge < -0.3 is 4.90 Å². The summed E-state index contributed by atoms with van der Waals surface area (Å²) in [6.07, 6.45) is -4.03. The number of halogens is 3. The van der Waals surface area contributed by atoms with Gasteiger partial charge in [-0.1, -0.05) is 48.5 Å². The quantitative estimate of drug-likeness (QED) is 0.827. The maximum atomic E-state index is 12.9. The molecule has 3 rings (SSSR count). The van der Waals surface area contributed by atoms with Crippen molar-refractivity contribution in [3.63, 3.8) is 0 Å². The molecule has 2 aromatic rings. The highest BCUT2D eigenvalue weighted by Gasteiger charge is 2.47. The van der Waals surface area contributed by atoms with Crippen LogP contribution < -0.4 is 4.90 Å². The molecule has 0 aliphatic carbocycles. The van der Waals surface area contributed by atoms with E-state index in [9.17, 15) is 18.0 Å². The Kier molecular flexibility index (Phi) is 3.64. The standard InChI is InChI=1S/C17H14F3NO/c18-17(19,20)16(22)21-14(10-12-6-2-1-3-7-12)11-13-8-4-5-9-15(13)21/h1-9,14H,10-11H2. The van der Waals surface area contributed by atoms with E-state index in [1.807, 2.05) is 30.3 Å². The van der Waals surface area contributed by atoms with Crippen molar-refractivity contribution in [3.8, 4) is 0 Å². The van der Waals surface area contributed by atoms with Gasteiger partial charge in [-0.2, -0.15) is 13.2 Å². The summed E-state index contributed by atoms with van der Waals surface area (Å²) >= 11 is 0. The second-order valence-electron chi connectivity index (χ2n) is 5.35. The number of rotatable bonds is 2. The molecule has 1 aliphatic rings. The molecule has 1 unspecified atom stereocenters. The Hall–Kier alpha value is -2.30. The van der Waals surface area contributed by atoms with E-state index in [2.05, 4.69) is 0 Å². The zero-order valence-electron chi connectivity index (χ0n) is 11.7. The summed E-state index contributed by atoms with van der Waals surface area (Å²) in [5, 5.41) is 0. The molecular formula is C17H14F3NO. The average molecular weight is 305 g/mol. The Balaban J connectivity index is 1.94. The molecule has 1 aliphatic heterocycles. The lowest BCUT2D eigenvalue weighted by atomic mass is 10.0. The monoisotopic (exact) mass is 305 g/mol. The third-order valence-corrected chi connectivity index (χ3v) is 3.85. The fourth-order valence-corrected chi connectivity index (χ4v) is 2.92. The largest absolute Gasteiger partial charge is 0.471 e. The molecule has 2 aromatic carbocycles. The molecule has 0 radical (unpaired) electrons. The zero-order chi connectivity index (χ0) is 15.7. The van der Waals surface area contributed by atoms with Gasteiger partial charge in [-0.15, -0.1) is 0 Å². The number of carbonyl (C=O) groups is 1. The summed E-state index contributed by atoms with van der Waals surface area (Å²) in [6.45, 7) is 0. The van der Waals surface area contributed by atoms with Gasteiger partial charge in [0.25, 0.3) is 0 Å². The maximum absolute atomic E-state index is 12.9. The number of fused-ring (bicyclic) bond motifs is 1. The van der Waals surface area contributed by atoms with Crippen LogP contribution in [0.4, 0.5) is 18.9 Å². The topological polar surface area (TPSA) is 20.3 Å². The number of anilines is 1. The van der Waals surface area contributed by atoms with Gasteiger partial charge in [0.15, 0.2) is 0 Å². The van der Waals surface area contributed by atoms with Crippen LogP contribution in [0.3, 0.4) is 0 Å². The highest BCUT2D eigenvalue weighted by atomic mass is 19.4. The minimum Gasteiger partial charge on any atom is -0.301 e. The number of benzene rings is 2. The summed E-state index contributed by atoms with van der Waals surface area (Å²) in [5.74, 6) is -1.79. The number of para-hydroxylation sites is 1. The summed E-state index contributed by atoms with van der Waals surface area (Å²) in [7, 11) is 0. The van der Waals surface area contributed by atoms with Gasteiger partial charge in [0.2, 0.25) is 0 Å². The van der Waals surface area contributed by atoms with Crippen LogP contribution in [-0.2, 0) is 17.6 Å². The molecule has 0 N–H and O–H groups in total. The molecule has 1 amide bonds. The molecule has 0 aromatic heterocycles. The van der Waals surface area contributed by atoms with Crippen LogP contribution in [-0.4, -0.2) is 18.1 Å². The number of amides is 1. The second kappa shape index (κ2) is 5.48. The number of hydrogen-bond acceptors (Lipinski definition) is 1. The first-order chi connectivity index (χ1) is 10.5. The molecule has 22 heavy (non-hydrogen) atoms. The van der Waals surface area contributed by atoms with E-state index in [1.165, 1.54) is 0 Å². The van der Waals surface area contributed by atoms with Crippen molar-refractivity contribution >= 4 is 11.6 Å². The third-order valence-electron chi connectivity index (χ3n) is 3.85. The van der Waals surface area contributed by atoms with Crippen molar-refractivity contribution in [1.82, 2.24) is 0 Å². The Bertz CT molecular complexity index is 682. The van der Waals surface area contributed by atoms with E-state index in [0.717, 1.165) is 16.0 Å². The van der Waals surface area contributed by atoms with Gasteiger partial charge in [-0.05, 0) is 30.0 Å². The molecule has 1 atom stereocenters. The Morgan fingerprint density at radius 1 is 1.05 bits per heavy atom. The number of alkyl halides is 3. The predicted octanol–water partition coefficient (Wildman–Crippen LogP) is 3.75. The van der Waals surface area contributed by atoms with Crippen molar-refractivity contribution in [3.05, 3.63) is 65.7 Å². The van der Waals surface area contributed by atoms with Crippen molar-refractivity contribution in [2.45, 2.75) is 25.1 Å². The van der Waals surface area contributed by atoms with E-state index < -0.39 is 18.1 Å². The normalized spacial score (nSPS) is 17.4. The van der Waals surface area contributed by atoms with E-state index in [4.69, 9.17) is 0 Å². The first-order valence-corrected chi connectivity index (χ1v) is 6.99. The van der Waals surface area contributed by atoms with Gasteiger partial charge in [0.05, 0.1) is 0 Å². The molecule has 114 valence electrons. The lowest BCUT2D eigenvalue weighted by Gasteiger charge is -2.26. The molecule has 2 nitrogen and oxygen atoms in total. The molecule has 0 saturated carbocycles. The van der Waals surface area contributed by atoms with Crippen molar-refractivity contribution in [1.29, 1.82) is 0 Å². The molecule has 0 saturated heterocycles. The van der Waals surface area contributed by atoms with Gasteiger partial charge >= 0.3 is 12.1 Å². The SMILES string of the molecule is O=C(N1c2ccccc2CC1Cc1ccccc1)C(F)(F)F. The molecule has 5 heteroatoms.